The third-order valence-corrected chi connectivity index (χ3v) is 3.30. The first-order valence-electron chi connectivity index (χ1n) is 7.55. The van der Waals surface area contributed by atoms with Crippen LogP contribution in [0.1, 0.15) is 38.3 Å². The molecule has 1 aromatic carbocycles. The molecule has 0 unspecified atom stereocenters. The first-order chi connectivity index (χ1) is 10.7. The molecule has 0 saturated carbocycles. The van der Waals surface area contributed by atoms with Crippen molar-refractivity contribution < 1.29 is 14.6 Å². The Hall–Kier alpha value is -2.37. The molecule has 1 aromatic heterocycles. The van der Waals surface area contributed by atoms with Crippen LogP contribution in [0.25, 0.3) is 5.69 Å². The number of nitrogens with zero attached hydrogens (tertiary/aromatic N) is 3. The highest BCUT2D eigenvalue weighted by molar-refractivity contribution is 5.69. The van der Waals surface area contributed by atoms with Crippen molar-refractivity contribution in [2.45, 2.75) is 39.0 Å². The molecule has 2 aromatic rings. The van der Waals surface area contributed by atoms with Crippen molar-refractivity contribution in [2.75, 3.05) is 6.61 Å². The molecule has 0 atom stereocenters. The summed E-state index contributed by atoms with van der Waals surface area (Å²) in [5.74, 6) is -0.101. The topological polar surface area (TPSA) is 77.2 Å². The van der Waals surface area contributed by atoms with Crippen molar-refractivity contribution >= 4 is 5.97 Å². The van der Waals surface area contributed by atoms with Crippen molar-refractivity contribution in [3.05, 3.63) is 36.2 Å². The molecule has 2 rings (SSSR count). The minimum atomic E-state index is -0.907. The van der Waals surface area contributed by atoms with E-state index >= 15 is 0 Å². The molecule has 0 aliphatic carbocycles. The average molecular weight is 303 g/mol. The molecule has 0 saturated heterocycles. The number of benzene rings is 1. The predicted octanol–water partition coefficient (Wildman–Crippen LogP) is 2.85. The van der Waals surface area contributed by atoms with Gasteiger partial charge in [0.1, 0.15) is 5.75 Å². The number of hydrogen-bond donors (Lipinski definition) is 1. The quantitative estimate of drug-likeness (QED) is 0.721. The SMILES string of the molecule is CCCCCCOc1ccc(-n2nncc2CC(=O)O)cc1. The van der Waals surface area contributed by atoms with E-state index in [0.29, 0.717) is 12.3 Å². The normalized spacial score (nSPS) is 10.6. The minimum Gasteiger partial charge on any atom is -0.494 e. The zero-order valence-corrected chi connectivity index (χ0v) is 12.7. The van der Waals surface area contributed by atoms with E-state index in [9.17, 15) is 4.79 Å². The Morgan fingerprint density at radius 1 is 1.23 bits per heavy atom. The van der Waals surface area contributed by atoms with Gasteiger partial charge in [0.2, 0.25) is 0 Å². The number of carbonyl (C=O) groups is 1. The second kappa shape index (κ2) is 8.17. The molecule has 0 radical (unpaired) electrons. The average Bonchev–Trinajstić information content (AvgIpc) is 2.95. The van der Waals surface area contributed by atoms with Gasteiger partial charge in [-0.3, -0.25) is 4.79 Å². The maximum atomic E-state index is 10.8. The highest BCUT2D eigenvalue weighted by atomic mass is 16.5. The van der Waals surface area contributed by atoms with E-state index in [0.717, 1.165) is 17.9 Å². The van der Waals surface area contributed by atoms with Gasteiger partial charge < -0.3 is 9.84 Å². The molecule has 1 heterocycles. The van der Waals surface area contributed by atoms with Crippen LogP contribution in [0.15, 0.2) is 30.5 Å². The molecular weight excluding hydrogens is 282 g/mol. The largest absolute Gasteiger partial charge is 0.494 e. The molecule has 0 bridgehead atoms. The van der Waals surface area contributed by atoms with Gasteiger partial charge in [-0.25, -0.2) is 4.68 Å². The number of aliphatic carboxylic acids is 1. The van der Waals surface area contributed by atoms with Crippen LogP contribution in [0.4, 0.5) is 0 Å². The van der Waals surface area contributed by atoms with E-state index in [-0.39, 0.29) is 6.42 Å². The summed E-state index contributed by atoms with van der Waals surface area (Å²) < 4.78 is 7.21. The van der Waals surface area contributed by atoms with E-state index in [4.69, 9.17) is 9.84 Å². The third kappa shape index (κ3) is 4.58. The lowest BCUT2D eigenvalue weighted by Gasteiger charge is -2.08. The number of rotatable bonds is 9. The minimum absolute atomic E-state index is 0.108. The maximum absolute atomic E-state index is 10.8. The van der Waals surface area contributed by atoms with Crippen LogP contribution in [-0.2, 0) is 11.2 Å². The van der Waals surface area contributed by atoms with Gasteiger partial charge >= 0.3 is 5.97 Å². The van der Waals surface area contributed by atoms with Gasteiger partial charge in [-0.05, 0) is 30.7 Å². The number of carboxylic acid groups (broad SMARTS) is 1. The van der Waals surface area contributed by atoms with Gasteiger partial charge in [0.15, 0.2) is 0 Å². The summed E-state index contributed by atoms with van der Waals surface area (Å²) in [6.45, 7) is 2.90. The summed E-state index contributed by atoms with van der Waals surface area (Å²) in [6, 6.07) is 7.42. The van der Waals surface area contributed by atoms with E-state index < -0.39 is 5.97 Å². The molecule has 0 amide bonds. The monoisotopic (exact) mass is 303 g/mol. The second-order valence-corrected chi connectivity index (χ2v) is 5.11. The van der Waals surface area contributed by atoms with Crippen LogP contribution in [0.2, 0.25) is 0 Å². The number of carboxylic acids is 1. The smallest absolute Gasteiger partial charge is 0.309 e. The highest BCUT2D eigenvalue weighted by Crippen LogP contribution is 2.16. The molecule has 1 N–H and O–H groups in total. The van der Waals surface area contributed by atoms with Crippen molar-refractivity contribution in [3.8, 4) is 11.4 Å². The summed E-state index contributed by atoms with van der Waals surface area (Å²) in [4.78, 5) is 10.8. The van der Waals surface area contributed by atoms with Crippen LogP contribution in [-0.4, -0.2) is 32.7 Å². The van der Waals surface area contributed by atoms with E-state index in [1.54, 1.807) is 0 Å². The zero-order valence-electron chi connectivity index (χ0n) is 12.7. The number of aromatic nitrogens is 3. The lowest BCUT2D eigenvalue weighted by molar-refractivity contribution is -0.136. The first kappa shape index (κ1) is 16.0. The number of hydrogen-bond acceptors (Lipinski definition) is 4. The molecule has 0 fully saturated rings. The molecule has 6 heteroatoms. The lowest BCUT2D eigenvalue weighted by atomic mass is 10.2. The van der Waals surface area contributed by atoms with Gasteiger partial charge in [-0.2, -0.15) is 0 Å². The van der Waals surface area contributed by atoms with Crippen LogP contribution in [0, 0.1) is 0 Å². The Morgan fingerprint density at radius 3 is 2.68 bits per heavy atom. The summed E-state index contributed by atoms with van der Waals surface area (Å²) in [5.41, 5.74) is 1.31. The molecular formula is C16H21N3O3. The first-order valence-corrected chi connectivity index (χ1v) is 7.55. The molecule has 0 spiro atoms. The zero-order chi connectivity index (χ0) is 15.8. The van der Waals surface area contributed by atoms with Crippen molar-refractivity contribution in [3.63, 3.8) is 0 Å². The standard InChI is InChI=1S/C16H21N3O3/c1-2-3-4-5-10-22-15-8-6-13(7-9-15)19-14(11-16(20)21)12-17-18-19/h6-9,12H,2-5,10-11H2,1H3,(H,20,21). The Labute approximate surface area is 129 Å². The molecule has 118 valence electrons. The van der Waals surface area contributed by atoms with Gasteiger partial charge in [0.25, 0.3) is 0 Å². The van der Waals surface area contributed by atoms with Crippen molar-refractivity contribution in [2.24, 2.45) is 0 Å². The fourth-order valence-electron chi connectivity index (χ4n) is 2.15. The Morgan fingerprint density at radius 2 is 2.00 bits per heavy atom. The highest BCUT2D eigenvalue weighted by Gasteiger charge is 2.10. The van der Waals surface area contributed by atoms with E-state index in [1.165, 1.54) is 30.1 Å². The van der Waals surface area contributed by atoms with Gasteiger partial charge in [-0.1, -0.05) is 31.4 Å². The van der Waals surface area contributed by atoms with Crippen LogP contribution < -0.4 is 4.74 Å². The van der Waals surface area contributed by atoms with E-state index in [2.05, 4.69) is 17.2 Å². The Bertz CT molecular complexity index is 593. The summed E-state index contributed by atoms with van der Waals surface area (Å²) in [6.07, 6.45) is 6.05. The van der Waals surface area contributed by atoms with Gasteiger partial charge in [-0.15, -0.1) is 5.10 Å². The third-order valence-electron chi connectivity index (χ3n) is 3.30. The molecule has 0 aliphatic heterocycles. The van der Waals surface area contributed by atoms with Crippen LogP contribution in [0.5, 0.6) is 5.75 Å². The maximum Gasteiger partial charge on any atom is 0.309 e. The summed E-state index contributed by atoms with van der Waals surface area (Å²) in [5, 5.41) is 16.6. The Balaban J connectivity index is 1.94. The Kier molecular flexibility index (Phi) is 5.94. The molecule has 22 heavy (non-hydrogen) atoms. The molecule has 6 nitrogen and oxygen atoms in total. The summed E-state index contributed by atoms with van der Waals surface area (Å²) >= 11 is 0. The second-order valence-electron chi connectivity index (χ2n) is 5.11. The van der Waals surface area contributed by atoms with Crippen molar-refractivity contribution in [1.29, 1.82) is 0 Å². The summed E-state index contributed by atoms with van der Waals surface area (Å²) in [7, 11) is 0. The number of ether oxygens (including phenoxy) is 1. The van der Waals surface area contributed by atoms with Crippen molar-refractivity contribution in [1.82, 2.24) is 15.0 Å². The van der Waals surface area contributed by atoms with Crippen LogP contribution >= 0.6 is 0 Å². The molecule has 0 aliphatic rings. The lowest BCUT2D eigenvalue weighted by Crippen LogP contribution is -2.08. The predicted molar refractivity (Wildman–Crippen MR) is 82.3 cm³/mol. The fraction of sp³-hybridized carbons (Fsp3) is 0.438. The van der Waals surface area contributed by atoms with Gasteiger partial charge in [0.05, 0.1) is 30.6 Å². The van der Waals surface area contributed by atoms with Gasteiger partial charge in [0, 0.05) is 0 Å². The fourth-order valence-corrected chi connectivity index (χ4v) is 2.15. The van der Waals surface area contributed by atoms with E-state index in [1.807, 2.05) is 24.3 Å². The number of unbranched alkanes of at least 4 members (excludes halogenated alkanes) is 3. The van der Waals surface area contributed by atoms with Crippen LogP contribution in [0.3, 0.4) is 0 Å².